The number of amides is 1. The summed E-state index contributed by atoms with van der Waals surface area (Å²) >= 11 is 1.62. The average molecular weight is 324 g/mol. The van der Waals surface area contributed by atoms with Crippen LogP contribution in [0, 0.1) is 0 Å². The average Bonchev–Trinajstić information content (AvgIpc) is 3.25. The van der Waals surface area contributed by atoms with Crippen LogP contribution in [0.3, 0.4) is 0 Å². The minimum atomic E-state index is -0.290. The summed E-state index contributed by atoms with van der Waals surface area (Å²) in [6, 6.07) is 9.63. The number of carbonyl (C=O) groups excluding carboxylic acids is 1. The SMILES string of the molecule is NC(=O)C1CCCN1c1nc(-c2ccsc2)nc2ccccc12. The Hall–Kier alpha value is -2.47. The van der Waals surface area contributed by atoms with Gasteiger partial charge in [0.1, 0.15) is 11.9 Å². The molecule has 0 radical (unpaired) electrons. The zero-order chi connectivity index (χ0) is 15.8. The van der Waals surface area contributed by atoms with Gasteiger partial charge in [-0.05, 0) is 36.4 Å². The van der Waals surface area contributed by atoms with Crippen molar-refractivity contribution in [2.75, 3.05) is 11.4 Å². The van der Waals surface area contributed by atoms with Gasteiger partial charge in [-0.25, -0.2) is 9.97 Å². The van der Waals surface area contributed by atoms with Crippen LogP contribution in [-0.4, -0.2) is 28.5 Å². The first-order valence-corrected chi connectivity index (χ1v) is 8.53. The summed E-state index contributed by atoms with van der Waals surface area (Å²) in [5, 5.41) is 5.00. The maximum Gasteiger partial charge on any atom is 0.240 e. The number of aromatic nitrogens is 2. The van der Waals surface area contributed by atoms with E-state index >= 15 is 0 Å². The van der Waals surface area contributed by atoms with Gasteiger partial charge in [0, 0.05) is 22.9 Å². The number of nitrogens with two attached hydrogens (primary N) is 1. The first-order valence-electron chi connectivity index (χ1n) is 7.59. The monoisotopic (exact) mass is 324 g/mol. The van der Waals surface area contributed by atoms with Gasteiger partial charge in [-0.3, -0.25) is 4.79 Å². The molecule has 1 saturated heterocycles. The Bertz CT molecular complexity index is 862. The van der Waals surface area contributed by atoms with Crippen LogP contribution in [0.4, 0.5) is 5.82 Å². The third-order valence-corrected chi connectivity index (χ3v) is 4.90. The third kappa shape index (κ3) is 2.45. The van der Waals surface area contributed by atoms with E-state index in [1.165, 1.54) is 0 Å². The summed E-state index contributed by atoms with van der Waals surface area (Å²) in [7, 11) is 0. The van der Waals surface area contributed by atoms with Crippen molar-refractivity contribution in [2.24, 2.45) is 5.73 Å². The van der Waals surface area contributed by atoms with Gasteiger partial charge < -0.3 is 10.6 Å². The number of hydrogen-bond acceptors (Lipinski definition) is 5. The topological polar surface area (TPSA) is 72.1 Å². The first kappa shape index (κ1) is 14.1. The van der Waals surface area contributed by atoms with E-state index in [0.29, 0.717) is 5.82 Å². The van der Waals surface area contributed by atoms with E-state index in [9.17, 15) is 4.79 Å². The molecule has 3 heterocycles. The number of para-hydroxylation sites is 1. The smallest absolute Gasteiger partial charge is 0.240 e. The Morgan fingerprint density at radius 2 is 2.13 bits per heavy atom. The number of nitrogens with zero attached hydrogens (tertiary/aromatic N) is 3. The van der Waals surface area contributed by atoms with Crippen LogP contribution in [0.25, 0.3) is 22.3 Å². The zero-order valence-corrected chi connectivity index (χ0v) is 13.3. The Kier molecular flexibility index (Phi) is 3.46. The Morgan fingerprint density at radius 1 is 1.26 bits per heavy atom. The number of carbonyl (C=O) groups is 1. The molecule has 2 N–H and O–H groups in total. The predicted octanol–water partition coefficient (Wildman–Crippen LogP) is 2.81. The van der Waals surface area contributed by atoms with Crippen LogP contribution in [0.15, 0.2) is 41.1 Å². The van der Waals surface area contributed by atoms with E-state index in [0.717, 1.165) is 41.7 Å². The fourth-order valence-electron chi connectivity index (χ4n) is 3.12. The van der Waals surface area contributed by atoms with Crippen molar-refractivity contribution >= 4 is 34.0 Å². The second-order valence-corrected chi connectivity index (χ2v) is 6.43. The molecule has 1 atom stereocenters. The van der Waals surface area contributed by atoms with Crippen molar-refractivity contribution in [3.63, 3.8) is 0 Å². The van der Waals surface area contributed by atoms with Crippen LogP contribution in [-0.2, 0) is 4.79 Å². The molecule has 1 aliphatic heterocycles. The minimum absolute atomic E-state index is 0.288. The number of benzene rings is 1. The standard InChI is InChI=1S/C17H16N4OS/c18-15(22)14-6-3-8-21(14)17-12-4-1-2-5-13(12)19-16(20-17)11-7-9-23-10-11/h1-2,4-5,7,9-10,14H,3,6,8H2,(H2,18,22). The van der Waals surface area contributed by atoms with Gasteiger partial charge in [0.05, 0.1) is 5.52 Å². The second-order valence-electron chi connectivity index (χ2n) is 5.65. The van der Waals surface area contributed by atoms with Gasteiger partial charge in [-0.2, -0.15) is 11.3 Å². The lowest BCUT2D eigenvalue weighted by atomic mass is 10.1. The third-order valence-electron chi connectivity index (χ3n) is 4.22. The molecule has 0 spiro atoms. The van der Waals surface area contributed by atoms with Crippen LogP contribution < -0.4 is 10.6 Å². The van der Waals surface area contributed by atoms with E-state index in [1.54, 1.807) is 11.3 Å². The Morgan fingerprint density at radius 3 is 2.91 bits per heavy atom. The van der Waals surface area contributed by atoms with E-state index in [-0.39, 0.29) is 11.9 Å². The molecule has 3 aromatic rings. The van der Waals surface area contributed by atoms with Crippen LogP contribution >= 0.6 is 11.3 Å². The summed E-state index contributed by atoms with van der Waals surface area (Å²) in [4.78, 5) is 23.2. The van der Waals surface area contributed by atoms with Gasteiger partial charge in [-0.1, -0.05) is 12.1 Å². The molecule has 1 unspecified atom stereocenters. The van der Waals surface area contributed by atoms with E-state index in [2.05, 4.69) is 4.98 Å². The van der Waals surface area contributed by atoms with Crippen molar-refractivity contribution in [3.8, 4) is 11.4 Å². The molecule has 1 aromatic carbocycles. The lowest BCUT2D eigenvalue weighted by Gasteiger charge is -2.24. The number of hydrogen-bond donors (Lipinski definition) is 1. The fourth-order valence-corrected chi connectivity index (χ4v) is 3.75. The number of anilines is 1. The van der Waals surface area contributed by atoms with E-state index in [4.69, 9.17) is 10.7 Å². The number of rotatable bonds is 3. The van der Waals surface area contributed by atoms with Crippen molar-refractivity contribution in [1.29, 1.82) is 0 Å². The molecule has 0 bridgehead atoms. The van der Waals surface area contributed by atoms with Crippen molar-refractivity contribution < 1.29 is 4.79 Å². The fraction of sp³-hybridized carbons (Fsp3) is 0.235. The highest BCUT2D eigenvalue weighted by Crippen LogP contribution is 2.32. The highest BCUT2D eigenvalue weighted by molar-refractivity contribution is 7.08. The number of primary amides is 1. The summed E-state index contributed by atoms with van der Waals surface area (Å²) in [5.74, 6) is 1.20. The summed E-state index contributed by atoms with van der Waals surface area (Å²) in [5.41, 5.74) is 7.46. The maximum absolute atomic E-state index is 11.8. The molecule has 1 fully saturated rings. The lowest BCUT2D eigenvalue weighted by molar-refractivity contribution is -0.119. The number of thiophene rings is 1. The molecular weight excluding hydrogens is 308 g/mol. The second kappa shape index (κ2) is 5.62. The van der Waals surface area contributed by atoms with Crippen LogP contribution in [0.5, 0.6) is 0 Å². The molecule has 0 aliphatic carbocycles. The van der Waals surface area contributed by atoms with E-state index in [1.807, 2.05) is 46.0 Å². The molecular formula is C17H16N4OS. The van der Waals surface area contributed by atoms with Gasteiger partial charge in [0.15, 0.2) is 5.82 Å². The van der Waals surface area contributed by atoms with Gasteiger partial charge >= 0.3 is 0 Å². The molecule has 4 rings (SSSR count). The highest BCUT2D eigenvalue weighted by Gasteiger charge is 2.31. The van der Waals surface area contributed by atoms with Gasteiger partial charge in [0.25, 0.3) is 0 Å². The van der Waals surface area contributed by atoms with Crippen molar-refractivity contribution in [1.82, 2.24) is 9.97 Å². The molecule has 2 aromatic heterocycles. The zero-order valence-electron chi connectivity index (χ0n) is 12.5. The quantitative estimate of drug-likeness (QED) is 0.804. The molecule has 1 aliphatic rings. The van der Waals surface area contributed by atoms with Crippen molar-refractivity contribution in [3.05, 3.63) is 41.1 Å². The van der Waals surface area contributed by atoms with E-state index < -0.39 is 0 Å². The van der Waals surface area contributed by atoms with Gasteiger partial charge in [0.2, 0.25) is 5.91 Å². The van der Waals surface area contributed by atoms with Crippen LogP contribution in [0.1, 0.15) is 12.8 Å². The van der Waals surface area contributed by atoms with Gasteiger partial charge in [-0.15, -0.1) is 0 Å². The highest BCUT2D eigenvalue weighted by atomic mass is 32.1. The normalized spacial score (nSPS) is 17.7. The minimum Gasteiger partial charge on any atom is -0.368 e. The predicted molar refractivity (Wildman–Crippen MR) is 92.4 cm³/mol. The Balaban J connectivity index is 1.92. The summed E-state index contributed by atoms with van der Waals surface area (Å²) in [6.45, 7) is 0.789. The largest absolute Gasteiger partial charge is 0.368 e. The molecule has 5 nitrogen and oxygen atoms in total. The molecule has 116 valence electrons. The molecule has 1 amide bonds. The maximum atomic E-state index is 11.8. The Labute approximate surface area is 137 Å². The molecule has 0 saturated carbocycles. The summed E-state index contributed by atoms with van der Waals surface area (Å²) in [6.07, 6.45) is 1.72. The van der Waals surface area contributed by atoms with Crippen LogP contribution in [0.2, 0.25) is 0 Å². The van der Waals surface area contributed by atoms with Crippen molar-refractivity contribution in [2.45, 2.75) is 18.9 Å². The molecule has 23 heavy (non-hydrogen) atoms. The summed E-state index contributed by atoms with van der Waals surface area (Å²) < 4.78 is 0. The first-order chi connectivity index (χ1) is 11.2. The number of fused-ring (bicyclic) bond motifs is 1. The molecule has 6 heteroatoms. The lowest BCUT2D eigenvalue weighted by Crippen LogP contribution is -2.40.